The van der Waals surface area contributed by atoms with Gasteiger partial charge in [0.2, 0.25) is 0 Å². The summed E-state index contributed by atoms with van der Waals surface area (Å²) in [5.41, 5.74) is 4.27. The molecule has 1 aliphatic rings. The van der Waals surface area contributed by atoms with Crippen LogP contribution in [0.25, 0.3) is 35.1 Å². The van der Waals surface area contributed by atoms with Crippen LogP contribution < -0.4 is 21.4 Å². The van der Waals surface area contributed by atoms with Gasteiger partial charge in [0.25, 0.3) is 0 Å². The van der Waals surface area contributed by atoms with Gasteiger partial charge in [0.1, 0.15) is 0 Å². The SMILES string of the molecule is C1=c2ccc([nH]2)=Cc2ccc([nH]2)C=c2[nH]c(c3ccccc23)=Cc2ccc1[nH]2.[Zn]. The van der Waals surface area contributed by atoms with E-state index in [9.17, 15) is 0 Å². The fraction of sp³-hybridized carbons (Fsp3) is 0. The van der Waals surface area contributed by atoms with E-state index in [4.69, 9.17) is 0 Å². The molecule has 1 aliphatic heterocycles. The van der Waals surface area contributed by atoms with Gasteiger partial charge in [-0.05, 0) is 60.7 Å². The first-order valence-corrected chi connectivity index (χ1v) is 9.37. The molecule has 0 saturated carbocycles. The van der Waals surface area contributed by atoms with Crippen LogP contribution in [0.2, 0.25) is 0 Å². The maximum atomic E-state index is 3.59. The van der Waals surface area contributed by atoms with Crippen LogP contribution in [-0.2, 0) is 19.5 Å². The Morgan fingerprint density at radius 1 is 0.414 bits per heavy atom. The molecular formula is C24H18N4Zn. The minimum atomic E-state index is 0. The molecule has 29 heavy (non-hydrogen) atoms. The molecule has 5 aromatic rings. The van der Waals surface area contributed by atoms with E-state index in [1.54, 1.807) is 0 Å². The van der Waals surface area contributed by atoms with E-state index in [0.29, 0.717) is 0 Å². The molecule has 1 aromatic carbocycles. The molecule has 0 radical (unpaired) electrons. The Hall–Kier alpha value is -3.30. The summed E-state index contributed by atoms with van der Waals surface area (Å²) in [6.07, 6.45) is 8.56. The van der Waals surface area contributed by atoms with Gasteiger partial charge >= 0.3 is 0 Å². The molecule has 0 unspecified atom stereocenters. The number of aromatic amines is 4. The Morgan fingerprint density at radius 3 is 1.34 bits per heavy atom. The van der Waals surface area contributed by atoms with Crippen molar-refractivity contribution in [1.29, 1.82) is 0 Å². The fourth-order valence-corrected chi connectivity index (χ4v) is 3.90. The summed E-state index contributed by atoms with van der Waals surface area (Å²) in [6.45, 7) is 0. The predicted octanol–water partition coefficient (Wildman–Crippen LogP) is 1.78. The van der Waals surface area contributed by atoms with E-state index in [1.807, 2.05) is 0 Å². The summed E-state index contributed by atoms with van der Waals surface area (Å²) >= 11 is 0. The fourth-order valence-electron chi connectivity index (χ4n) is 3.90. The largest absolute Gasteiger partial charge is 0.355 e. The molecule has 8 bridgehead atoms. The average Bonchev–Trinajstić information content (AvgIpc) is 3.47. The summed E-state index contributed by atoms with van der Waals surface area (Å²) in [5.74, 6) is 0. The number of fused-ring (bicyclic) bond motifs is 11. The van der Waals surface area contributed by atoms with Gasteiger partial charge in [-0.25, -0.2) is 0 Å². The van der Waals surface area contributed by atoms with Gasteiger partial charge in [-0.2, -0.15) is 0 Å². The second kappa shape index (κ2) is 6.95. The van der Waals surface area contributed by atoms with Crippen molar-refractivity contribution in [3.63, 3.8) is 0 Å². The van der Waals surface area contributed by atoms with Crippen molar-refractivity contribution >= 4 is 35.1 Å². The Morgan fingerprint density at radius 2 is 0.862 bits per heavy atom. The third kappa shape index (κ3) is 3.24. The summed E-state index contributed by atoms with van der Waals surface area (Å²) in [6, 6.07) is 21.1. The Balaban J connectivity index is 0.00000181. The van der Waals surface area contributed by atoms with Crippen molar-refractivity contribution in [2.45, 2.75) is 0 Å². The molecule has 0 spiro atoms. The van der Waals surface area contributed by atoms with Gasteiger partial charge in [0, 0.05) is 74.4 Å². The molecule has 0 amide bonds. The number of hydrogen-bond donors (Lipinski definition) is 4. The molecule has 4 nitrogen and oxygen atoms in total. The van der Waals surface area contributed by atoms with E-state index in [1.165, 1.54) is 10.8 Å². The normalized spacial score (nSPS) is 12.3. The monoisotopic (exact) mass is 426 g/mol. The van der Waals surface area contributed by atoms with Crippen molar-refractivity contribution in [3.05, 3.63) is 105 Å². The van der Waals surface area contributed by atoms with Crippen LogP contribution >= 0.6 is 0 Å². The standard InChI is InChI=1S/C24H18N4.Zn/c1-2-4-22-21(3-1)23-13-19-9-7-17(26-19)11-15-5-6-16(25-15)12-18-8-10-20(27-18)14-24(22)28-23;/h1-14,25-28H;. The summed E-state index contributed by atoms with van der Waals surface area (Å²) in [7, 11) is 0. The van der Waals surface area contributed by atoms with Crippen LogP contribution in [0.1, 0.15) is 22.8 Å². The molecule has 4 N–H and O–H groups in total. The quantitative estimate of drug-likeness (QED) is 0.267. The predicted molar refractivity (Wildman–Crippen MR) is 113 cm³/mol. The molecular weight excluding hydrogens is 410 g/mol. The van der Waals surface area contributed by atoms with E-state index in [0.717, 1.165) is 44.2 Å². The number of aromatic nitrogens is 4. The van der Waals surface area contributed by atoms with Crippen molar-refractivity contribution in [3.8, 4) is 0 Å². The topological polar surface area (TPSA) is 63.2 Å². The minimum absolute atomic E-state index is 0. The van der Waals surface area contributed by atoms with Gasteiger partial charge in [0.05, 0.1) is 0 Å². The van der Waals surface area contributed by atoms with Crippen LogP contribution in [-0.4, -0.2) is 19.9 Å². The number of hydrogen-bond acceptors (Lipinski definition) is 0. The van der Waals surface area contributed by atoms with Gasteiger partial charge in [-0.3, -0.25) is 0 Å². The third-order valence-electron chi connectivity index (χ3n) is 5.19. The molecule has 0 saturated heterocycles. The van der Waals surface area contributed by atoms with Crippen molar-refractivity contribution in [2.24, 2.45) is 0 Å². The summed E-state index contributed by atoms with van der Waals surface area (Å²) in [5, 5.41) is 6.76. The van der Waals surface area contributed by atoms with Gasteiger partial charge in [-0.1, -0.05) is 24.3 Å². The molecule has 6 rings (SSSR count). The summed E-state index contributed by atoms with van der Waals surface area (Å²) in [4.78, 5) is 14.0. The first-order chi connectivity index (χ1) is 13.8. The van der Waals surface area contributed by atoms with E-state index in [-0.39, 0.29) is 19.5 Å². The smallest absolute Gasteiger partial charge is 0.0485 e. The minimum Gasteiger partial charge on any atom is -0.355 e. The Labute approximate surface area is 179 Å². The Bertz CT molecular complexity index is 1460. The zero-order chi connectivity index (χ0) is 18.5. The molecule has 4 aromatic heterocycles. The summed E-state index contributed by atoms with van der Waals surface area (Å²) < 4.78 is 0. The number of H-pyrrole nitrogens is 4. The average molecular weight is 428 g/mol. The Kier molecular flexibility index (Phi) is 4.26. The second-order valence-corrected chi connectivity index (χ2v) is 7.18. The maximum absolute atomic E-state index is 3.59. The van der Waals surface area contributed by atoms with Crippen LogP contribution in [0.4, 0.5) is 0 Å². The molecule has 5 heteroatoms. The van der Waals surface area contributed by atoms with Crippen molar-refractivity contribution in [1.82, 2.24) is 19.9 Å². The van der Waals surface area contributed by atoms with Gasteiger partial charge in [-0.15, -0.1) is 0 Å². The number of benzene rings is 1. The molecule has 0 aliphatic carbocycles. The van der Waals surface area contributed by atoms with Crippen LogP contribution in [0.3, 0.4) is 0 Å². The van der Waals surface area contributed by atoms with Gasteiger partial charge in [0.15, 0.2) is 0 Å². The molecule has 5 heterocycles. The third-order valence-corrected chi connectivity index (χ3v) is 5.19. The number of rotatable bonds is 0. The van der Waals surface area contributed by atoms with Crippen molar-refractivity contribution < 1.29 is 19.5 Å². The van der Waals surface area contributed by atoms with Crippen LogP contribution in [0.15, 0.2) is 60.7 Å². The first kappa shape index (κ1) is 17.8. The number of nitrogens with one attached hydrogen (secondary N) is 4. The van der Waals surface area contributed by atoms with E-state index >= 15 is 0 Å². The molecule has 0 atom stereocenters. The first-order valence-electron chi connectivity index (χ1n) is 9.37. The van der Waals surface area contributed by atoms with E-state index < -0.39 is 0 Å². The van der Waals surface area contributed by atoms with Crippen LogP contribution in [0.5, 0.6) is 0 Å². The molecule has 0 fully saturated rings. The van der Waals surface area contributed by atoms with Crippen molar-refractivity contribution in [2.75, 3.05) is 0 Å². The maximum Gasteiger partial charge on any atom is 0.0485 e. The second-order valence-electron chi connectivity index (χ2n) is 7.18. The van der Waals surface area contributed by atoms with Crippen LogP contribution in [0, 0.1) is 0 Å². The zero-order valence-corrected chi connectivity index (χ0v) is 18.8. The molecule has 136 valence electrons. The zero-order valence-electron chi connectivity index (χ0n) is 15.8. The van der Waals surface area contributed by atoms with E-state index in [2.05, 4.69) is 105 Å². The van der Waals surface area contributed by atoms with Gasteiger partial charge < -0.3 is 19.9 Å².